The molecule has 106 valence electrons. The van der Waals surface area contributed by atoms with Gasteiger partial charge < -0.3 is 10.6 Å². The van der Waals surface area contributed by atoms with Crippen molar-refractivity contribution in [3.8, 4) is 0 Å². The van der Waals surface area contributed by atoms with Gasteiger partial charge in [-0.1, -0.05) is 6.42 Å². The zero-order valence-corrected chi connectivity index (χ0v) is 11.9. The Bertz CT molecular complexity index is 364. The van der Waals surface area contributed by atoms with Crippen molar-refractivity contribution in [1.29, 1.82) is 0 Å². The lowest BCUT2D eigenvalue weighted by Crippen LogP contribution is -2.40. The van der Waals surface area contributed by atoms with Crippen molar-refractivity contribution in [3.05, 3.63) is 0 Å². The molecule has 1 aliphatic heterocycles. The number of nitrogens with one attached hydrogen (secondary N) is 2. The molecule has 0 bridgehead atoms. The van der Waals surface area contributed by atoms with Crippen LogP contribution in [0.3, 0.4) is 0 Å². The lowest BCUT2D eigenvalue weighted by Gasteiger charge is -2.24. The van der Waals surface area contributed by atoms with Crippen LogP contribution in [-0.2, 0) is 14.8 Å². The summed E-state index contributed by atoms with van der Waals surface area (Å²) in [5, 5.41) is 5.74. The first-order chi connectivity index (χ1) is 8.45. The molecule has 1 heterocycles. The quantitative estimate of drug-likeness (QED) is 0.688. The highest BCUT2D eigenvalue weighted by Gasteiger charge is 2.22. The number of nitrogens with zero attached hydrogens (tertiary/aromatic N) is 1. The van der Waals surface area contributed by atoms with Gasteiger partial charge >= 0.3 is 0 Å². The molecular weight excluding hydrogens is 254 g/mol. The fourth-order valence-electron chi connectivity index (χ4n) is 2.00. The molecule has 0 aromatic carbocycles. The van der Waals surface area contributed by atoms with Gasteiger partial charge in [0, 0.05) is 20.1 Å². The van der Waals surface area contributed by atoms with Crippen molar-refractivity contribution in [2.24, 2.45) is 0 Å². The molecule has 0 saturated carbocycles. The Morgan fingerprint density at radius 1 is 1.44 bits per heavy atom. The number of hydrogen-bond donors (Lipinski definition) is 2. The second-order valence-corrected chi connectivity index (χ2v) is 6.88. The van der Waals surface area contributed by atoms with Crippen LogP contribution in [0.4, 0.5) is 0 Å². The molecule has 1 unspecified atom stereocenters. The van der Waals surface area contributed by atoms with Crippen LogP contribution in [0.2, 0.25) is 0 Å². The smallest absolute Gasteiger partial charge is 0.235 e. The number of hydrogen-bond acceptors (Lipinski definition) is 4. The summed E-state index contributed by atoms with van der Waals surface area (Å²) in [4.78, 5) is 11.1. The van der Waals surface area contributed by atoms with Crippen LogP contribution in [0.15, 0.2) is 0 Å². The summed E-state index contributed by atoms with van der Waals surface area (Å²) >= 11 is 0. The zero-order chi connectivity index (χ0) is 13.6. The van der Waals surface area contributed by atoms with Crippen molar-refractivity contribution in [2.75, 3.05) is 32.9 Å². The van der Waals surface area contributed by atoms with E-state index >= 15 is 0 Å². The Kier molecular flexibility index (Phi) is 6.04. The average molecular weight is 277 g/mol. The summed E-state index contributed by atoms with van der Waals surface area (Å²) in [5.41, 5.74) is 0. The summed E-state index contributed by atoms with van der Waals surface area (Å²) in [7, 11) is -0.394. The topological polar surface area (TPSA) is 78.5 Å². The predicted octanol–water partition coefficient (Wildman–Crippen LogP) is -0.474. The van der Waals surface area contributed by atoms with Crippen LogP contribution in [0, 0.1) is 0 Å². The van der Waals surface area contributed by atoms with Crippen molar-refractivity contribution < 1.29 is 13.2 Å². The second-order valence-electron chi connectivity index (χ2n) is 4.68. The predicted molar refractivity (Wildman–Crippen MR) is 70.7 cm³/mol. The highest BCUT2D eigenvalue weighted by Crippen LogP contribution is 2.12. The Morgan fingerprint density at radius 3 is 2.72 bits per heavy atom. The van der Waals surface area contributed by atoms with Crippen LogP contribution in [-0.4, -0.2) is 57.6 Å². The molecule has 1 rings (SSSR count). The summed E-state index contributed by atoms with van der Waals surface area (Å²) in [6.07, 6.45) is 3.97. The molecule has 6 nitrogen and oxygen atoms in total. The van der Waals surface area contributed by atoms with Crippen LogP contribution in [0.1, 0.15) is 25.7 Å². The molecule has 1 saturated heterocycles. The monoisotopic (exact) mass is 277 g/mol. The molecular formula is C11H23N3O3S. The van der Waals surface area contributed by atoms with E-state index in [0.29, 0.717) is 12.5 Å². The van der Waals surface area contributed by atoms with E-state index in [9.17, 15) is 13.2 Å². The molecule has 1 fully saturated rings. The highest BCUT2D eigenvalue weighted by atomic mass is 32.2. The molecule has 0 spiro atoms. The maximum Gasteiger partial charge on any atom is 0.235 e. The van der Waals surface area contributed by atoms with E-state index in [2.05, 4.69) is 10.6 Å². The van der Waals surface area contributed by atoms with E-state index in [0.717, 1.165) is 23.7 Å². The summed E-state index contributed by atoms with van der Waals surface area (Å²) in [6.45, 7) is 0.857. The Labute approximate surface area is 109 Å². The van der Waals surface area contributed by atoms with Gasteiger partial charge in [0.15, 0.2) is 0 Å². The van der Waals surface area contributed by atoms with Gasteiger partial charge in [-0.05, 0) is 25.8 Å². The molecule has 0 aromatic rings. The maximum absolute atomic E-state index is 11.9. The zero-order valence-electron chi connectivity index (χ0n) is 11.1. The van der Waals surface area contributed by atoms with Gasteiger partial charge in [0.2, 0.25) is 15.9 Å². The lowest BCUT2D eigenvalue weighted by atomic mass is 10.0. The van der Waals surface area contributed by atoms with Crippen LogP contribution >= 0.6 is 0 Å². The molecule has 18 heavy (non-hydrogen) atoms. The average Bonchev–Trinajstić information content (AvgIpc) is 2.37. The Balaban J connectivity index is 2.40. The third-order valence-electron chi connectivity index (χ3n) is 3.26. The van der Waals surface area contributed by atoms with Crippen LogP contribution in [0.5, 0.6) is 0 Å². The first-order valence-electron chi connectivity index (χ1n) is 6.33. The van der Waals surface area contributed by atoms with E-state index in [1.807, 2.05) is 0 Å². The van der Waals surface area contributed by atoms with Gasteiger partial charge in [-0.25, -0.2) is 8.42 Å². The van der Waals surface area contributed by atoms with E-state index < -0.39 is 10.0 Å². The molecule has 0 aliphatic carbocycles. The van der Waals surface area contributed by atoms with E-state index in [-0.39, 0.29) is 18.2 Å². The molecule has 1 atom stereocenters. The van der Waals surface area contributed by atoms with E-state index in [4.69, 9.17) is 0 Å². The number of rotatable bonds is 6. The molecule has 2 N–H and O–H groups in total. The largest absolute Gasteiger partial charge is 0.358 e. The van der Waals surface area contributed by atoms with Crippen molar-refractivity contribution in [2.45, 2.75) is 31.7 Å². The number of carbonyl (C=O) groups is 1. The normalized spacial score (nSPS) is 20.9. The lowest BCUT2D eigenvalue weighted by molar-refractivity contribution is -0.120. The van der Waals surface area contributed by atoms with Crippen molar-refractivity contribution >= 4 is 15.9 Å². The number of piperidine rings is 1. The summed E-state index contributed by atoms with van der Waals surface area (Å²) in [6, 6.07) is 0.293. The molecule has 0 radical (unpaired) electrons. The third kappa shape index (κ3) is 4.91. The standard InChI is InChI=1S/C11H23N3O3S/c1-12-11(15)9-14(2)18(16,17)8-6-10-5-3-4-7-13-10/h10,13H,3-9H2,1-2H3,(H,12,15). The van der Waals surface area contributed by atoms with Gasteiger partial charge in [0.25, 0.3) is 0 Å². The Morgan fingerprint density at radius 2 is 2.17 bits per heavy atom. The third-order valence-corrected chi connectivity index (χ3v) is 5.09. The first kappa shape index (κ1) is 15.4. The van der Waals surface area contributed by atoms with Crippen LogP contribution < -0.4 is 10.6 Å². The van der Waals surface area contributed by atoms with Crippen LogP contribution in [0.25, 0.3) is 0 Å². The van der Waals surface area contributed by atoms with E-state index in [1.165, 1.54) is 20.5 Å². The second kappa shape index (κ2) is 7.06. The number of likely N-dealkylation sites (N-methyl/N-ethyl adjacent to an activating group) is 2. The minimum atomic E-state index is -3.33. The SMILES string of the molecule is CNC(=O)CN(C)S(=O)(=O)CCC1CCCCN1. The Hall–Kier alpha value is -0.660. The van der Waals surface area contributed by atoms with Crippen molar-refractivity contribution in [3.63, 3.8) is 0 Å². The van der Waals surface area contributed by atoms with Gasteiger partial charge in [0.05, 0.1) is 12.3 Å². The molecule has 1 aliphatic rings. The van der Waals surface area contributed by atoms with E-state index in [1.54, 1.807) is 0 Å². The van der Waals surface area contributed by atoms with Gasteiger partial charge in [0.1, 0.15) is 0 Å². The fourth-order valence-corrected chi connectivity index (χ4v) is 3.21. The molecule has 1 amide bonds. The van der Waals surface area contributed by atoms with Gasteiger partial charge in [-0.15, -0.1) is 0 Å². The van der Waals surface area contributed by atoms with Crippen molar-refractivity contribution in [1.82, 2.24) is 14.9 Å². The number of amides is 1. The number of carbonyl (C=O) groups excluding carboxylic acids is 1. The first-order valence-corrected chi connectivity index (χ1v) is 7.94. The minimum Gasteiger partial charge on any atom is -0.358 e. The summed E-state index contributed by atoms with van der Waals surface area (Å²) in [5.74, 6) is -0.199. The highest BCUT2D eigenvalue weighted by molar-refractivity contribution is 7.89. The minimum absolute atomic E-state index is 0.0954. The summed E-state index contributed by atoms with van der Waals surface area (Å²) < 4.78 is 25.0. The van der Waals surface area contributed by atoms with Gasteiger partial charge in [-0.2, -0.15) is 4.31 Å². The molecule has 0 aromatic heterocycles. The van der Waals surface area contributed by atoms with Gasteiger partial charge in [-0.3, -0.25) is 4.79 Å². The fraction of sp³-hybridized carbons (Fsp3) is 0.909. The number of sulfonamides is 1. The molecule has 7 heteroatoms. The maximum atomic E-state index is 11.9.